The lowest BCUT2D eigenvalue weighted by atomic mass is 9.78. The molecular weight excluding hydrogens is 497 g/mol. The molecule has 1 unspecified atom stereocenters. The number of benzene rings is 1. The number of rotatable bonds is 6. The van der Waals surface area contributed by atoms with Crippen molar-refractivity contribution in [3.05, 3.63) is 63.3 Å². The summed E-state index contributed by atoms with van der Waals surface area (Å²) in [7, 11) is 1.68. The number of ether oxygens (including phenoxy) is 2. The van der Waals surface area contributed by atoms with Crippen LogP contribution >= 0.6 is 15.9 Å². The molecule has 0 bridgehead atoms. The van der Waals surface area contributed by atoms with E-state index >= 15 is 4.39 Å². The van der Waals surface area contributed by atoms with E-state index < -0.39 is 5.67 Å². The maximum absolute atomic E-state index is 15.1. The summed E-state index contributed by atoms with van der Waals surface area (Å²) in [5, 5.41) is 12.1. The summed E-state index contributed by atoms with van der Waals surface area (Å²) in [6.07, 6.45) is 11.1. The zero-order valence-corrected chi connectivity index (χ0v) is 21.5. The fraction of sp³-hybridized carbons (Fsp3) is 0.519. The number of hydrogen-bond acceptors (Lipinski definition) is 5. The molecule has 2 aliphatic carbocycles. The third-order valence-electron chi connectivity index (χ3n) is 7.43. The first-order valence-corrected chi connectivity index (χ1v) is 13.0. The Morgan fingerprint density at radius 3 is 2.85 bits per heavy atom. The third-order valence-corrected chi connectivity index (χ3v) is 7.92. The monoisotopic (exact) mass is 529 g/mol. The van der Waals surface area contributed by atoms with Crippen molar-refractivity contribution in [3.63, 3.8) is 0 Å². The van der Waals surface area contributed by atoms with Gasteiger partial charge in [0.15, 0.2) is 0 Å². The Morgan fingerprint density at radius 2 is 2.15 bits per heavy atom. The Kier molecular flexibility index (Phi) is 6.70. The number of halogens is 2. The van der Waals surface area contributed by atoms with E-state index in [1.54, 1.807) is 7.11 Å². The highest BCUT2D eigenvalue weighted by Crippen LogP contribution is 2.50. The summed E-state index contributed by atoms with van der Waals surface area (Å²) in [5.41, 5.74) is 3.59. The summed E-state index contributed by atoms with van der Waals surface area (Å²) < 4.78 is 27.7. The number of nitrogens with one attached hydrogen (secondary N) is 2. The topological polar surface area (TPSA) is 57.6 Å². The van der Waals surface area contributed by atoms with Gasteiger partial charge in [0, 0.05) is 41.0 Å². The van der Waals surface area contributed by atoms with Crippen LogP contribution in [-0.2, 0) is 4.74 Å². The van der Waals surface area contributed by atoms with E-state index in [2.05, 4.69) is 45.2 Å². The molecule has 5 nitrogen and oxygen atoms in total. The first-order chi connectivity index (χ1) is 16.4. The minimum atomic E-state index is -1.10. The first-order valence-electron chi connectivity index (χ1n) is 12.2. The molecular formula is C27H33BrFN3O2. The van der Waals surface area contributed by atoms with Crippen LogP contribution in [0.2, 0.25) is 0 Å². The molecule has 34 heavy (non-hydrogen) atoms. The molecule has 0 aromatic heterocycles. The molecule has 3 atom stereocenters. The van der Waals surface area contributed by atoms with Crippen molar-refractivity contribution >= 4 is 21.6 Å². The molecule has 0 amide bonds. The summed E-state index contributed by atoms with van der Waals surface area (Å²) in [6, 6.07) is 6.05. The highest BCUT2D eigenvalue weighted by atomic mass is 79.9. The van der Waals surface area contributed by atoms with Gasteiger partial charge >= 0.3 is 0 Å². The van der Waals surface area contributed by atoms with E-state index in [4.69, 9.17) is 14.9 Å². The summed E-state index contributed by atoms with van der Waals surface area (Å²) in [4.78, 5) is 2.30. The molecule has 1 aromatic rings. The summed E-state index contributed by atoms with van der Waals surface area (Å²) in [6.45, 7) is 3.35. The number of nitrogens with zero attached hydrogens (tertiary/aromatic N) is 1. The third kappa shape index (κ3) is 4.75. The van der Waals surface area contributed by atoms with Crippen molar-refractivity contribution in [2.75, 3.05) is 20.3 Å². The van der Waals surface area contributed by atoms with Gasteiger partial charge in [0.2, 0.25) is 0 Å². The minimum absolute atomic E-state index is 0.00912. The van der Waals surface area contributed by atoms with Gasteiger partial charge in [0.25, 0.3) is 0 Å². The molecule has 1 saturated carbocycles. The SMILES string of the molecule is COc1cc(Br)ccc1[C@@H]1C2=C(C[C@@H](C)N1CC1(F)CC1)/C(=C/NC1CCCCO1)C(=N)C=C2. The van der Waals surface area contributed by atoms with Gasteiger partial charge in [0.05, 0.1) is 18.9 Å². The van der Waals surface area contributed by atoms with Crippen molar-refractivity contribution < 1.29 is 13.9 Å². The predicted octanol–water partition coefficient (Wildman–Crippen LogP) is 5.98. The van der Waals surface area contributed by atoms with Gasteiger partial charge in [-0.3, -0.25) is 4.90 Å². The molecule has 7 heteroatoms. The van der Waals surface area contributed by atoms with Crippen molar-refractivity contribution in [2.45, 2.75) is 69.4 Å². The zero-order chi connectivity index (χ0) is 23.9. The van der Waals surface area contributed by atoms with E-state index in [0.717, 1.165) is 64.8 Å². The maximum Gasteiger partial charge on any atom is 0.127 e. The summed E-state index contributed by atoms with van der Waals surface area (Å²) >= 11 is 3.55. The van der Waals surface area contributed by atoms with Crippen LogP contribution in [0.25, 0.3) is 0 Å². The minimum Gasteiger partial charge on any atom is -0.496 e. The average Bonchev–Trinajstić information content (AvgIpc) is 3.57. The molecule has 182 valence electrons. The smallest absolute Gasteiger partial charge is 0.127 e. The van der Waals surface area contributed by atoms with Crippen LogP contribution in [0, 0.1) is 5.41 Å². The molecule has 0 radical (unpaired) electrons. The first kappa shape index (κ1) is 23.8. The van der Waals surface area contributed by atoms with E-state index in [1.807, 2.05) is 24.4 Å². The molecule has 2 heterocycles. The Labute approximate surface area is 209 Å². The predicted molar refractivity (Wildman–Crippen MR) is 136 cm³/mol. The molecule has 2 fully saturated rings. The largest absolute Gasteiger partial charge is 0.496 e. The van der Waals surface area contributed by atoms with Crippen molar-refractivity contribution in [1.82, 2.24) is 10.2 Å². The standard InChI is InChI=1S/C27H33BrFN3O2/c1-17-13-21-19(8-9-23(30)22(21)15-31-25-5-3-4-12-34-25)26(32(17)16-27(29)10-11-27)20-7-6-18(28)14-24(20)33-2/h6-9,14-15,17,25-26,30-31H,3-5,10-13,16H2,1-2H3/b22-15-,30-23?/t17-,25?,26+/m1/s1. The number of methoxy groups -OCH3 is 1. The summed E-state index contributed by atoms with van der Waals surface area (Å²) in [5.74, 6) is 0.780. The van der Waals surface area contributed by atoms with Gasteiger partial charge in [-0.15, -0.1) is 0 Å². The highest BCUT2D eigenvalue weighted by molar-refractivity contribution is 9.10. The lowest BCUT2D eigenvalue weighted by Gasteiger charge is -2.45. The van der Waals surface area contributed by atoms with Gasteiger partial charge in [-0.2, -0.15) is 0 Å². The van der Waals surface area contributed by atoms with E-state index in [1.165, 1.54) is 0 Å². The average molecular weight is 530 g/mol. The van der Waals surface area contributed by atoms with Crippen LogP contribution in [0.15, 0.2) is 57.7 Å². The molecule has 2 aliphatic heterocycles. The van der Waals surface area contributed by atoms with E-state index in [0.29, 0.717) is 25.1 Å². The van der Waals surface area contributed by atoms with Gasteiger partial charge in [0.1, 0.15) is 17.6 Å². The van der Waals surface area contributed by atoms with Gasteiger partial charge in [-0.05, 0) is 74.8 Å². The number of hydrogen-bond donors (Lipinski definition) is 2. The van der Waals surface area contributed by atoms with Crippen LogP contribution in [-0.4, -0.2) is 48.8 Å². The Balaban J connectivity index is 1.57. The molecule has 4 aliphatic rings. The fourth-order valence-electron chi connectivity index (χ4n) is 5.35. The highest BCUT2D eigenvalue weighted by Gasteiger charge is 2.48. The second kappa shape index (κ2) is 9.59. The fourth-order valence-corrected chi connectivity index (χ4v) is 5.69. The second-order valence-corrected chi connectivity index (χ2v) is 10.8. The molecule has 0 spiro atoms. The van der Waals surface area contributed by atoms with Crippen LogP contribution in [0.1, 0.15) is 57.1 Å². The lowest BCUT2D eigenvalue weighted by molar-refractivity contribution is 0.00328. The van der Waals surface area contributed by atoms with Crippen molar-refractivity contribution in [1.29, 1.82) is 5.41 Å². The van der Waals surface area contributed by atoms with E-state index in [9.17, 15) is 0 Å². The van der Waals surface area contributed by atoms with Gasteiger partial charge in [-0.25, -0.2) is 4.39 Å². The lowest BCUT2D eigenvalue weighted by Crippen LogP contribution is -2.46. The zero-order valence-electron chi connectivity index (χ0n) is 19.9. The van der Waals surface area contributed by atoms with Gasteiger partial charge < -0.3 is 20.2 Å². The molecule has 1 aromatic carbocycles. The van der Waals surface area contributed by atoms with Crippen molar-refractivity contribution in [3.8, 4) is 5.75 Å². The van der Waals surface area contributed by atoms with Crippen LogP contribution in [0.4, 0.5) is 4.39 Å². The van der Waals surface area contributed by atoms with Gasteiger partial charge in [-0.1, -0.05) is 28.1 Å². The molecule has 2 N–H and O–H groups in total. The van der Waals surface area contributed by atoms with Crippen LogP contribution in [0.3, 0.4) is 0 Å². The number of allylic oxidation sites excluding steroid dienone is 2. The Bertz CT molecular complexity index is 1060. The molecule has 5 rings (SSSR count). The second-order valence-electron chi connectivity index (χ2n) is 9.93. The van der Waals surface area contributed by atoms with Crippen molar-refractivity contribution in [2.24, 2.45) is 0 Å². The maximum atomic E-state index is 15.1. The normalized spacial score (nSPS) is 29.8. The van der Waals surface area contributed by atoms with Crippen LogP contribution < -0.4 is 10.1 Å². The quantitative estimate of drug-likeness (QED) is 0.475. The molecule has 1 saturated heterocycles. The van der Waals surface area contributed by atoms with Crippen LogP contribution in [0.5, 0.6) is 5.75 Å². The Morgan fingerprint density at radius 1 is 1.32 bits per heavy atom. The van der Waals surface area contributed by atoms with E-state index in [-0.39, 0.29) is 18.3 Å². The Hall–Kier alpha value is -1.96. The number of alkyl halides is 1.